The number of likely N-dealkylation sites (N-methyl/N-ethyl adjacent to an activating group) is 1. The molecular formula is C16H19N3O5S2. The van der Waals surface area contributed by atoms with Crippen molar-refractivity contribution in [1.82, 2.24) is 9.73 Å². The van der Waals surface area contributed by atoms with E-state index in [1.807, 2.05) is 17.5 Å². The number of carbonyl (C=O) groups excluding carboxylic acids is 1. The van der Waals surface area contributed by atoms with Gasteiger partial charge in [0, 0.05) is 18.0 Å². The number of carbonyl (C=O) groups is 1. The highest BCUT2D eigenvalue weighted by atomic mass is 32.2. The molecule has 10 heteroatoms. The van der Waals surface area contributed by atoms with Crippen molar-refractivity contribution in [2.24, 2.45) is 5.10 Å². The van der Waals surface area contributed by atoms with Crippen LogP contribution in [0.15, 0.2) is 45.7 Å². The molecule has 0 fully saturated rings. The molecule has 26 heavy (non-hydrogen) atoms. The summed E-state index contributed by atoms with van der Waals surface area (Å²) in [5.41, 5.74) is 2.30. The predicted octanol–water partition coefficient (Wildman–Crippen LogP) is 1.54. The lowest BCUT2D eigenvalue weighted by Crippen LogP contribution is -2.36. The van der Waals surface area contributed by atoms with Gasteiger partial charge in [-0.3, -0.25) is 4.79 Å². The van der Waals surface area contributed by atoms with Gasteiger partial charge in [-0.25, -0.2) is 13.8 Å². The fourth-order valence-electron chi connectivity index (χ4n) is 2.01. The summed E-state index contributed by atoms with van der Waals surface area (Å²) in [6, 6.07) is 7.92. The number of benzene rings is 1. The molecule has 0 bridgehead atoms. The molecule has 0 spiro atoms. The zero-order valence-electron chi connectivity index (χ0n) is 14.5. The Balaban J connectivity index is 2.05. The van der Waals surface area contributed by atoms with Gasteiger partial charge in [-0.05, 0) is 23.6 Å². The molecule has 1 aromatic carbocycles. The Bertz CT molecular complexity index is 879. The number of nitrogens with zero attached hydrogens (tertiary/aromatic N) is 2. The second kappa shape index (κ2) is 8.79. The van der Waals surface area contributed by atoms with Crippen molar-refractivity contribution in [3.8, 4) is 11.5 Å². The van der Waals surface area contributed by atoms with Crippen LogP contribution in [0.4, 0.5) is 0 Å². The third kappa shape index (κ3) is 4.81. The molecular weight excluding hydrogens is 378 g/mol. The van der Waals surface area contributed by atoms with E-state index in [4.69, 9.17) is 9.47 Å². The minimum Gasteiger partial charge on any atom is -0.493 e. The third-order valence-corrected chi connectivity index (χ3v) is 5.96. The molecule has 0 unspecified atom stereocenters. The molecule has 0 aliphatic rings. The van der Waals surface area contributed by atoms with E-state index in [0.29, 0.717) is 5.75 Å². The number of amides is 1. The van der Waals surface area contributed by atoms with E-state index in [9.17, 15) is 13.2 Å². The number of ether oxygens (including phenoxy) is 2. The molecule has 0 aliphatic carbocycles. The predicted molar refractivity (Wildman–Crippen MR) is 99.4 cm³/mol. The monoisotopic (exact) mass is 397 g/mol. The van der Waals surface area contributed by atoms with Crippen molar-refractivity contribution in [3.63, 3.8) is 0 Å². The molecule has 1 heterocycles. The zero-order valence-corrected chi connectivity index (χ0v) is 16.1. The standard InChI is InChI=1S/C16H19N3O5S2/c1-19(11-16(20)18-17-10-12-5-4-8-25-12)26(21,22)13-6-7-14(23-2)15(9-13)24-3/h4-10H,11H2,1-3H3,(H,18,20)/b17-10-. The van der Waals surface area contributed by atoms with Gasteiger partial charge in [0.1, 0.15) is 0 Å². The van der Waals surface area contributed by atoms with Gasteiger partial charge < -0.3 is 9.47 Å². The summed E-state index contributed by atoms with van der Waals surface area (Å²) in [5.74, 6) is 0.145. The van der Waals surface area contributed by atoms with Gasteiger partial charge in [-0.2, -0.15) is 9.41 Å². The summed E-state index contributed by atoms with van der Waals surface area (Å²) in [6.07, 6.45) is 1.49. The molecule has 2 aromatic rings. The lowest BCUT2D eigenvalue weighted by molar-refractivity contribution is -0.121. The van der Waals surface area contributed by atoms with Crippen molar-refractivity contribution >= 4 is 33.5 Å². The lowest BCUT2D eigenvalue weighted by atomic mass is 10.3. The van der Waals surface area contributed by atoms with Crippen LogP contribution in [0.2, 0.25) is 0 Å². The van der Waals surface area contributed by atoms with Gasteiger partial charge >= 0.3 is 0 Å². The number of sulfonamides is 1. The molecule has 1 aromatic heterocycles. The molecule has 0 atom stereocenters. The average Bonchev–Trinajstić information content (AvgIpc) is 3.14. The van der Waals surface area contributed by atoms with Crippen molar-refractivity contribution < 1.29 is 22.7 Å². The molecule has 1 N–H and O–H groups in total. The van der Waals surface area contributed by atoms with Crippen LogP contribution in [-0.2, 0) is 14.8 Å². The first-order valence-corrected chi connectivity index (χ1v) is 9.74. The quantitative estimate of drug-likeness (QED) is 0.538. The Morgan fingerprint density at radius 3 is 2.62 bits per heavy atom. The van der Waals surface area contributed by atoms with Gasteiger partial charge in [-0.15, -0.1) is 11.3 Å². The fraction of sp³-hybridized carbons (Fsp3) is 0.250. The van der Waals surface area contributed by atoms with E-state index in [1.54, 1.807) is 0 Å². The third-order valence-electron chi connectivity index (χ3n) is 3.35. The number of hydrazone groups is 1. The maximum atomic E-state index is 12.6. The van der Waals surface area contributed by atoms with E-state index in [-0.39, 0.29) is 17.2 Å². The largest absolute Gasteiger partial charge is 0.493 e. The Labute approximate surface area is 156 Å². The highest BCUT2D eigenvalue weighted by Crippen LogP contribution is 2.30. The van der Waals surface area contributed by atoms with E-state index >= 15 is 0 Å². The van der Waals surface area contributed by atoms with Gasteiger partial charge in [0.15, 0.2) is 11.5 Å². The maximum Gasteiger partial charge on any atom is 0.255 e. The molecule has 0 radical (unpaired) electrons. The summed E-state index contributed by atoms with van der Waals surface area (Å²) in [5, 5.41) is 5.68. The molecule has 2 rings (SSSR count). The molecule has 8 nitrogen and oxygen atoms in total. The van der Waals surface area contributed by atoms with Gasteiger partial charge in [0.25, 0.3) is 5.91 Å². The highest BCUT2D eigenvalue weighted by molar-refractivity contribution is 7.89. The van der Waals surface area contributed by atoms with E-state index in [1.165, 1.54) is 57.0 Å². The number of rotatable bonds is 8. The second-order valence-corrected chi connectivity index (χ2v) is 8.11. The molecule has 1 amide bonds. The Hall–Kier alpha value is -2.43. The smallest absolute Gasteiger partial charge is 0.255 e. The number of thiophene rings is 1. The van der Waals surface area contributed by atoms with Crippen LogP contribution in [0.3, 0.4) is 0 Å². The topological polar surface area (TPSA) is 97.3 Å². The van der Waals surface area contributed by atoms with Crippen LogP contribution in [0.1, 0.15) is 4.88 Å². The Morgan fingerprint density at radius 2 is 2.00 bits per heavy atom. The Morgan fingerprint density at radius 1 is 1.27 bits per heavy atom. The summed E-state index contributed by atoms with van der Waals surface area (Å²) >= 11 is 1.47. The van der Waals surface area contributed by atoms with Crippen molar-refractivity contribution in [2.75, 3.05) is 27.8 Å². The van der Waals surface area contributed by atoms with Crippen LogP contribution in [0.5, 0.6) is 11.5 Å². The van der Waals surface area contributed by atoms with Crippen LogP contribution in [0.25, 0.3) is 0 Å². The molecule has 0 saturated carbocycles. The van der Waals surface area contributed by atoms with E-state index < -0.39 is 15.9 Å². The van der Waals surface area contributed by atoms with E-state index in [2.05, 4.69) is 10.5 Å². The highest BCUT2D eigenvalue weighted by Gasteiger charge is 2.24. The SMILES string of the molecule is COc1ccc(S(=O)(=O)N(C)CC(=O)N/N=C\c2cccs2)cc1OC. The maximum absolute atomic E-state index is 12.6. The average molecular weight is 397 g/mol. The first kappa shape index (κ1) is 19.9. The molecule has 0 saturated heterocycles. The normalized spacial score (nSPS) is 11.7. The van der Waals surface area contributed by atoms with Crippen molar-refractivity contribution in [1.29, 1.82) is 0 Å². The minimum atomic E-state index is -3.87. The van der Waals surface area contributed by atoms with Crippen LogP contribution >= 0.6 is 11.3 Å². The van der Waals surface area contributed by atoms with Crippen LogP contribution in [-0.4, -0.2) is 52.7 Å². The van der Waals surface area contributed by atoms with Gasteiger partial charge in [0.05, 0.1) is 31.9 Å². The number of hydrogen-bond donors (Lipinski definition) is 1. The molecule has 0 aliphatic heterocycles. The zero-order chi connectivity index (χ0) is 19.2. The van der Waals surface area contributed by atoms with E-state index in [0.717, 1.165) is 9.18 Å². The van der Waals surface area contributed by atoms with Crippen LogP contribution < -0.4 is 14.9 Å². The van der Waals surface area contributed by atoms with Crippen molar-refractivity contribution in [2.45, 2.75) is 4.90 Å². The Kier molecular flexibility index (Phi) is 6.72. The molecule has 140 valence electrons. The summed E-state index contributed by atoms with van der Waals surface area (Å²) < 4.78 is 36.4. The van der Waals surface area contributed by atoms with Crippen molar-refractivity contribution in [3.05, 3.63) is 40.6 Å². The summed E-state index contributed by atoms with van der Waals surface area (Å²) in [7, 11) is 0.313. The second-order valence-electron chi connectivity index (χ2n) is 5.09. The minimum absolute atomic E-state index is 0.00691. The number of methoxy groups -OCH3 is 2. The fourth-order valence-corrected chi connectivity index (χ4v) is 3.74. The van der Waals surface area contributed by atoms with Gasteiger partial charge in [-0.1, -0.05) is 6.07 Å². The lowest BCUT2D eigenvalue weighted by Gasteiger charge is -2.17. The number of nitrogens with one attached hydrogen (secondary N) is 1. The summed E-state index contributed by atoms with van der Waals surface area (Å²) in [6.45, 7) is -0.377. The first-order chi connectivity index (χ1) is 12.4. The number of hydrogen-bond acceptors (Lipinski definition) is 7. The van der Waals surface area contributed by atoms with Gasteiger partial charge in [0.2, 0.25) is 10.0 Å². The van der Waals surface area contributed by atoms with Crippen LogP contribution in [0, 0.1) is 0 Å². The summed E-state index contributed by atoms with van der Waals surface area (Å²) in [4.78, 5) is 12.8. The first-order valence-electron chi connectivity index (χ1n) is 7.42.